The van der Waals surface area contributed by atoms with Crippen LogP contribution in [0.25, 0.3) is 0 Å². The standard InChI is InChI=1S/C23H38O2/c1-22(2,3)14-9-7-11-19-18(20(24)12-13-21(19)25)10-6-5-8-15-23(4)16-17-23/h12-13,24-25H,5-11,14-17H2,1-4H3. The lowest BCUT2D eigenvalue weighted by atomic mass is 9.88. The van der Waals surface area contributed by atoms with Gasteiger partial charge in [-0.05, 0) is 74.3 Å². The molecule has 0 aromatic heterocycles. The highest BCUT2D eigenvalue weighted by atomic mass is 16.3. The van der Waals surface area contributed by atoms with Gasteiger partial charge in [-0.2, -0.15) is 0 Å². The summed E-state index contributed by atoms with van der Waals surface area (Å²) < 4.78 is 0. The Bertz CT molecular complexity index is 550. The molecule has 2 N–H and O–H groups in total. The lowest BCUT2D eigenvalue weighted by molar-refractivity contribution is 0.359. The molecule has 142 valence electrons. The number of hydrogen-bond acceptors (Lipinski definition) is 2. The number of rotatable bonds is 10. The van der Waals surface area contributed by atoms with Gasteiger partial charge in [0.1, 0.15) is 11.5 Å². The van der Waals surface area contributed by atoms with Crippen LogP contribution in [-0.2, 0) is 12.8 Å². The summed E-state index contributed by atoms with van der Waals surface area (Å²) in [4.78, 5) is 0. The highest BCUT2D eigenvalue weighted by Gasteiger charge is 2.35. The molecule has 1 saturated carbocycles. The Morgan fingerprint density at radius 2 is 1.36 bits per heavy atom. The summed E-state index contributed by atoms with van der Waals surface area (Å²) >= 11 is 0. The molecular weight excluding hydrogens is 308 g/mol. The third-order valence-electron chi connectivity index (χ3n) is 5.80. The molecular formula is C23H38O2. The van der Waals surface area contributed by atoms with E-state index in [0.29, 0.717) is 22.3 Å². The maximum atomic E-state index is 10.3. The van der Waals surface area contributed by atoms with Crippen molar-refractivity contribution in [3.8, 4) is 11.5 Å². The van der Waals surface area contributed by atoms with Gasteiger partial charge in [-0.3, -0.25) is 0 Å². The van der Waals surface area contributed by atoms with Crippen molar-refractivity contribution in [2.75, 3.05) is 0 Å². The number of benzene rings is 1. The molecule has 2 rings (SSSR count). The molecule has 0 saturated heterocycles. The molecule has 1 aliphatic carbocycles. The van der Waals surface area contributed by atoms with Crippen LogP contribution in [0.2, 0.25) is 0 Å². The van der Waals surface area contributed by atoms with E-state index in [0.717, 1.165) is 43.2 Å². The van der Waals surface area contributed by atoms with Crippen LogP contribution in [0.1, 0.15) is 96.6 Å². The van der Waals surface area contributed by atoms with Crippen LogP contribution in [0, 0.1) is 10.8 Å². The third kappa shape index (κ3) is 6.92. The predicted molar refractivity (Wildman–Crippen MR) is 106 cm³/mol. The van der Waals surface area contributed by atoms with Crippen LogP contribution < -0.4 is 0 Å². The van der Waals surface area contributed by atoms with Gasteiger partial charge in [-0.15, -0.1) is 0 Å². The molecule has 0 unspecified atom stereocenters. The Kier molecular flexibility index (Phi) is 6.82. The molecule has 1 aliphatic rings. The average Bonchev–Trinajstić information content (AvgIpc) is 3.25. The summed E-state index contributed by atoms with van der Waals surface area (Å²) in [5, 5.41) is 20.6. The molecule has 2 heteroatoms. The molecule has 0 bridgehead atoms. The SMILES string of the molecule is CC(C)(C)CCCCc1c(O)ccc(O)c1CCCCCC1(C)CC1. The Hall–Kier alpha value is -1.18. The van der Waals surface area contributed by atoms with Gasteiger partial charge >= 0.3 is 0 Å². The Labute approximate surface area is 154 Å². The monoisotopic (exact) mass is 346 g/mol. The Morgan fingerprint density at radius 1 is 0.840 bits per heavy atom. The van der Waals surface area contributed by atoms with E-state index in [4.69, 9.17) is 0 Å². The van der Waals surface area contributed by atoms with E-state index in [1.54, 1.807) is 12.1 Å². The maximum Gasteiger partial charge on any atom is 0.119 e. The summed E-state index contributed by atoms with van der Waals surface area (Å²) in [7, 11) is 0. The molecule has 1 fully saturated rings. The van der Waals surface area contributed by atoms with E-state index in [-0.39, 0.29) is 0 Å². The van der Waals surface area contributed by atoms with E-state index >= 15 is 0 Å². The van der Waals surface area contributed by atoms with Crippen LogP contribution in [0.4, 0.5) is 0 Å². The highest BCUT2D eigenvalue weighted by molar-refractivity contribution is 5.47. The molecule has 0 radical (unpaired) electrons. The number of phenols is 2. The normalized spacial score (nSPS) is 16.2. The van der Waals surface area contributed by atoms with E-state index < -0.39 is 0 Å². The van der Waals surface area contributed by atoms with E-state index in [9.17, 15) is 10.2 Å². The molecule has 0 heterocycles. The summed E-state index contributed by atoms with van der Waals surface area (Å²) in [6, 6.07) is 3.29. The van der Waals surface area contributed by atoms with Gasteiger partial charge in [0.2, 0.25) is 0 Å². The molecule has 0 spiro atoms. The van der Waals surface area contributed by atoms with Crippen LogP contribution in [0.3, 0.4) is 0 Å². The van der Waals surface area contributed by atoms with Gasteiger partial charge in [0.15, 0.2) is 0 Å². The van der Waals surface area contributed by atoms with E-state index in [1.165, 1.54) is 38.5 Å². The molecule has 0 atom stereocenters. The minimum Gasteiger partial charge on any atom is -0.508 e. The zero-order chi connectivity index (χ0) is 18.5. The van der Waals surface area contributed by atoms with Crippen molar-refractivity contribution >= 4 is 0 Å². The molecule has 2 nitrogen and oxygen atoms in total. The summed E-state index contributed by atoms with van der Waals surface area (Å²) in [6.07, 6.45) is 12.9. The highest BCUT2D eigenvalue weighted by Crippen LogP contribution is 2.49. The fourth-order valence-electron chi connectivity index (χ4n) is 3.68. The topological polar surface area (TPSA) is 40.5 Å². The number of aromatic hydroxyl groups is 2. The van der Waals surface area contributed by atoms with Gasteiger partial charge in [0, 0.05) is 11.1 Å². The number of phenolic OH excluding ortho intramolecular Hbond substituents is 2. The van der Waals surface area contributed by atoms with Crippen molar-refractivity contribution in [1.29, 1.82) is 0 Å². The fourth-order valence-corrected chi connectivity index (χ4v) is 3.68. The first kappa shape index (κ1) is 20.1. The van der Waals surface area contributed by atoms with Crippen molar-refractivity contribution in [2.24, 2.45) is 10.8 Å². The molecule has 1 aromatic rings. The van der Waals surface area contributed by atoms with Gasteiger partial charge < -0.3 is 10.2 Å². The smallest absolute Gasteiger partial charge is 0.119 e. The minimum atomic E-state index is 0.356. The maximum absolute atomic E-state index is 10.3. The molecule has 0 amide bonds. The second kappa shape index (κ2) is 8.47. The van der Waals surface area contributed by atoms with Gasteiger partial charge in [-0.25, -0.2) is 0 Å². The third-order valence-corrected chi connectivity index (χ3v) is 5.80. The number of hydrogen-bond donors (Lipinski definition) is 2. The minimum absolute atomic E-state index is 0.356. The van der Waals surface area contributed by atoms with Crippen molar-refractivity contribution < 1.29 is 10.2 Å². The summed E-state index contributed by atoms with van der Waals surface area (Å²) in [5.74, 6) is 0.715. The van der Waals surface area contributed by atoms with Gasteiger partial charge in [0.05, 0.1) is 0 Å². The van der Waals surface area contributed by atoms with Crippen LogP contribution in [-0.4, -0.2) is 10.2 Å². The fraction of sp³-hybridized carbons (Fsp3) is 0.739. The van der Waals surface area contributed by atoms with Crippen LogP contribution in [0.15, 0.2) is 12.1 Å². The largest absolute Gasteiger partial charge is 0.508 e. The lowest BCUT2D eigenvalue weighted by Crippen LogP contribution is -2.05. The Morgan fingerprint density at radius 3 is 1.84 bits per heavy atom. The van der Waals surface area contributed by atoms with Crippen LogP contribution in [0.5, 0.6) is 11.5 Å². The zero-order valence-electron chi connectivity index (χ0n) is 16.8. The molecule has 1 aromatic carbocycles. The summed E-state index contributed by atoms with van der Waals surface area (Å²) in [6.45, 7) is 9.20. The predicted octanol–water partition coefficient (Wildman–Crippen LogP) is 6.76. The zero-order valence-corrected chi connectivity index (χ0v) is 16.8. The Balaban J connectivity index is 1.84. The lowest BCUT2D eigenvalue weighted by Gasteiger charge is -2.18. The van der Waals surface area contributed by atoms with Gasteiger partial charge in [-0.1, -0.05) is 47.0 Å². The van der Waals surface area contributed by atoms with Crippen molar-refractivity contribution in [3.63, 3.8) is 0 Å². The quantitative estimate of drug-likeness (QED) is 0.363. The van der Waals surface area contributed by atoms with Crippen molar-refractivity contribution in [1.82, 2.24) is 0 Å². The molecule has 0 aliphatic heterocycles. The van der Waals surface area contributed by atoms with E-state index in [1.807, 2.05) is 0 Å². The van der Waals surface area contributed by atoms with Crippen molar-refractivity contribution in [2.45, 2.75) is 98.3 Å². The average molecular weight is 347 g/mol. The van der Waals surface area contributed by atoms with Crippen molar-refractivity contribution in [3.05, 3.63) is 23.3 Å². The first-order valence-electron chi connectivity index (χ1n) is 10.2. The first-order valence-corrected chi connectivity index (χ1v) is 10.2. The van der Waals surface area contributed by atoms with E-state index in [2.05, 4.69) is 27.7 Å². The summed E-state index contributed by atoms with van der Waals surface area (Å²) in [5.41, 5.74) is 2.96. The van der Waals surface area contributed by atoms with Crippen LogP contribution >= 0.6 is 0 Å². The first-order chi connectivity index (χ1) is 11.7. The number of unbranched alkanes of at least 4 members (excludes halogenated alkanes) is 3. The second-order valence-electron chi connectivity index (χ2n) is 9.70. The van der Waals surface area contributed by atoms with Gasteiger partial charge in [0.25, 0.3) is 0 Å². The second-order valence-corrected chi connectivity index (χ2v) is 9.70. The molecule has 25 heavy (non-hydrogen) atoms.